The molecular weight excluding hydrogens is 204 g/mol. The van der Waals surface area contributed by atoms with Crippen LogP contribution in [0.2, 0.25) is 0 Å². The Morgan fingerprint density at radius 3 is 2.58 bits per heavy atom. The van der Waals surface area contributed by atoms with E-state index < -0.39 is 0 Å². The van der Waals surface area contributed by atoms with E-state index in [2.05, 4.69) is 35.0 Å². The molecule has 0 spiro atoms. The minimum absolute atomic E-state index is 1.11. The van der Waals surface area contributed by atoms with Crippen molar-refractivity contribution in [2.45, 2.75) is 9.96 Å². The minimum atomic E-state index is 1.11. The Labute approximate surface area is 84.3 Å². The maximum absolute atomic E-state index is 2.19. The largest absolute Gasteiger partial charge is 0.148 e. The van der Waals surface area contributed by atoms with E-state index in [4.69, 9.17) is 0 Å². The van der Waals surface area contributed by atoms with Crippen molar-refractivity contribution in [3.8, 4) is 0 Å². The molecule has 2 heterocycles. The molecule has 3 heteroatoms. The summed E-state index contributed by atoms with van der Waals surface area (Å²) in [4.78, 5) is 1.45. The highest BCUT2D eigenvalue weighted by Crippen LogP contribution is 2.28. The predicted molar refractivity (Wildman–Crippen MR) is 58.2 cm³/mol. The monoisotopic (exact) mass is 212 g/mol. The van der Waals surface area contributed by atoms with E-state index in [1.165, 1.54) is 9.09 Å². The molecule has 0 bridgehead atoms. The fourth-order valence-corrected chi connectivity index (χ4v) is 3.44. The van der Waals surface area contributed by atoms with Crippen LogP contribution in [0.25, 0.3) is 0 Å². The first-order valence-electron chi connectivity index (χ1n) is 3.64. The van der Waals surface area contributed by atoms with Crippen molar-refractivity contribution in [2.75, 3.05) is 0 Å². The summed E-state index contributed by atoms with van der Waals surface area (Å²) in [5, 5.41) is 4.25. The van der Waals surface area contributed by atoms with Gasteiger partial charge in [0.05, 0.1) is 4.21 Å². The number of rotatable bonds is 3. The summed E-state index contributed by atoms with van der Waals surface area (Å²) in [6.07, 6.45) is 0. The highest BCUT2D eigenvalue weighted by atomic mass is 32.2. The van der Waals surface area contributed by atoms with Crippen LogP contribution in [0.1, 0.15) is 4.88 Å². The first-order chi connectivity index (χ1) is 5.95. The zero-order chi connectivity index (χ0) is 8.23. The van der Waals surface area contributed by atoms with E-state index in [9.17, 15) is 0 Å². The second-order valence-corrected chi connectivity index (χ2v) is 5.56. The van der Waals surface area contributed by atoms with Crippen molar-refractivity contribution in [1.82, 2.24) is 0 Å². The standard InChI is InChI=1S/C9H8S3/c1-3-8(10-5-1)7-12-9-4-2-6-11-9/h1-6H,7H2. The highest BCUT2D eigenvalue weighted by Gasteiger charge is 1.96. The Balaban J connectivity index is 1.91. The summed E-state index contributed by atoms with van der Waals surface area (Å²) in [7, 11) is 0. The fraction of sp³-hybridized carbons (Fsp3) is 0.111. The predicted octanol–water partition coefficient (Wildman–Crippen LogP) is 4.10. The molecule has 2 rings (SSSR count). The molecule has 0 aliphatic rings. The van der Waals surface area contributed by atoms with Crippen molar-refractivity contribution >= 4 is 34.4 Å². The molecule has 0 atom stereocenters. The molecule has 0 saturated carbocycles. The summed E-state index contributed by atoms with van der Waals surface area (Å²) in [6.45, 7) is 0. The third-order valence-electron chi connectivity index (χ3n) is 1.43. The number of hydrogen-bond acceptors (Lipinski definition) is 3. The minimum Gasteiger partial charge on any atom is -0.148 e. The van der Waals surface area contributed by atoms with Crippen molar-refractivity contribution in [2.24, 2.45) is 0 Å². The molecule has 0 radical (unpaired) electrons. The van der Waals surface area contributed by atoms with Crippen LogP contribution in [-0.2, 0) is 5.75 Å². The Morgan fingerprint density at radius 1 is 1.08 bits per heavy atom. The zero-order valence-corrected chi connectivity index (χ0v) is 8.85. The maximum Gasteiger partial charge on any atom is 0.0602 e. The van der Waals surface area contributed by atoms with Gasteiger partial charge in [-0.05, 0) is 22.9 Å². The summed E-state index contributed by atoms with van der Waals surface area (Å²) in [5.74, 6) is 1.11. The molecule has 0 saturated heterocycles. The number of hydrogen-bond donors (Lipinski definition) is 0. The van der Waals surface area contributed by atoms with Gasteiger partial charge < -0.3 is 0 Å². The lowest BCUT2D eigenvalue weighted by Crippen LogP contribution is -1.68. The van der Waals surface area contributed by atoms with Gasteiger partial charge in [0, 0.05) is 10.6 Å². The van der Waals surface area contributed by atoms with Gasteiger partial charge in [-0.3, -0.25) is 0 Å². The number of thiophene rings is 2. The van der Waals surface area contributed by atoms with Crippen molar-refractivity contribution < 1.29 is 0 Å². The van der Waals surface area contributed by atoms with Gasteiger partial charge in [-0.25, -0.2) is 0 Å². The molecule has 0 aliphatic carbocycles. The van der Waals surface area contributed by atoms with Crippen molar-refractivity contribution in [3.05, 3.63) is 39.9 Å². The molecule has 0 nitrogen and oxygen atoms in total. The highest BCUT2D eigenvalue weighted by molar-refractivity contribution is 8.00. The molecule has 0 fully saturated rings. The molecule has 62 valence electrons. The van der Waals surface area contributed by atoms with E-state index in [1.807, 2.05) is 34.4 Å². The molecule has 12 heavy (non-hydrogen) atoms. The van der Waals surface area contributed by atoms with E-state index >= 15 is 0 Å². The Bertz CT molecular complexity index is 273. The molecule has 0 N–H and O–H groups in total. The lowest BCUT2D eigenvalue weighted by molar-refractivity contribution is 1.53. The van der Waals surface area contributed by atoms with Gasteiger partial charge in [0.1, 0.15) is 0 Å². The first-order valence-corrected chi connectivity index (χ1v) is 6.38. The molecule has 0 aliphatic heterocycles. The normalized spacial score (nSPS) is 10.3. The smallest absolute Gasteiger partial charge is 0.0602 e. The molecule has 0 aromatic carbocycles. The Kier molecular flexibility index (Phi) is 2.87. The average molecular weight is 212 g/mol. The van der Waals surface area contributed by atoms with Crippen molar-refractivity contribution in [1.29, 1.82) is 0 Å². The van der Waals surface area contributed by atoms with Crippen LogP contribution in [0.5, 0.6) is 0 Å². The van der Waals surface area contributed by atoms with Crippen LogP contribution < -0.4 is 0 Å². The van der Waals surface area contributed by atoms with Crippen LogP contribution in [-0.4, -0.2) is 0 Å². The van der Waals surface area contributed by atoms with Crippen LogP contribution in [0.3, 0.4) is 0 Å². The molecule has 0 unspecified atom stereocenters. The fourth-order valence-electron chi connectivity index (χ4n) is 0.883. The van der Waals surface area contributed by atoms with Gasteiger partial charge in [0.15, 0.2) is 0 Å². The number of thioether (sulfide) groups is 1. The first kappa shape index (κ1) is 8.35. The summed E-state index contributed by atoms with van der Waals surface area (Å²) >= 11 is 5.55. The van der Waals surface area contributed by atoms with Crippen LogP contribution in [0, 0.1) is 0 Å². The molecule has 2 aromatic heterocycles. The van der Waals surface area contributed by atoms with Gasteiger partial charge in [0.2, 0.25) is 0 Å². The quantitative estimate of drug-likeness (QED) is 0.690. The average Bonchev–Trinajstić information content (AvgIpc) is 2.74. The van der Waals surface area contributed by atoms with Crippen LogP contribution in [0.15, 0.2) is 39.2 Å². The van der Waals surface area contributed by atoms with Gasteiger partial charge in [-0.15, -0.1) is 34.4 Å². The van der Waals surface area contributed by atoms with Gasteiger partial charge in [-0.2, -0.15) is 0 Å². The van der Waals surface area contributed by atoms with Gasteiger partial charge in [-0.1, -0.05) is 12.1 Å². The topological polar surface area (TPSA) is 0 Å². The summed E-state index contributed by atoms with van der Waals surface area (Å²) < 4.78 is 1.41. The van der Waals surface area contributed by atoms with Gasteiger partial charge >= 0.3 is 0 Å². The van der Waals surface area contributed by atoms with E-state index in [0.29, 0.717) is 0 Å². The lowest BCUT2D eigenvalue weighted by atomic mass is 10.5. The SMILES string of the molecule is c1csc(CSc2cccs2)c1. The third-order valence-corrected chi connectivity index (χ3v) is 4.67. The van der Waals surface area contributed by atoms with E-state index in [-0.39, 0.29) is 0 Å². The van der Waals surface area contributed by atoms with E-state index in [1.54, 1.807) is 0 Å². The Hall–Kier alpha value is -0.250. The third kappa shape index (κ3) is 2.12. The second-order valence-electron chi connectivity index (χ2n) is 2.30. The second kappa shape index (κ2) is 4.12. The summed E-state index contributed by atoms with van der Waals surface area (Å²) in [6, 6.07) is 8.56. The van der Waals surface area contributed by atoms with Gasteiger partial charge in [0.25, 0.3) is 0 Å². The zero-order valence-electron chi connectivity index (χ0n) is 6.40. The molecular formula is C9H8S3. The van der Waals surface area contributed by atoms with Crippen LogP contribution >= 0.6 is 34.4 Å². The Morgan fingerprint density at radius 2 is 1.92 bits per heavy atom. The maximum atomic E-state index is 2.19. The summed E-state index contributed by atoms with van der Waals surface area (Å²) in [5.41, 5.74) is 0. The van der Waals surface area contributed by atoms with Crippen molar-refractivity contribution in [3.63, 3.8) is 0 Å². The lowest BCUT2D eigenvalue weighted by Gasteiger charge is -1.93. The molecule has 2 aromatic rings. The molecule has 0 amide bonds. The van der Waals surface area contributed by atoms with E-state index in [0.717, 1.165) is 5.75 Å². The van der Waals surface area contributed by atoms with Crippen LogP contribution in [0.4, 0.5) is 0 Å².